The summed E-state index contributed by atoms with van der Waals surface area (Å²) < 4.78 is 0. The van der Waals surface area contributed by atoms with Crippen LogP contribution < -0.4 is 5.32 Å². The van der Waals surface area contributed by atoms with Gasteiger partial charge < -0.3 is 5.32 Å². The average Bonchev–Trinajstić information content (AvgIpc) is 2.79. The van der Waals surface area contributed by atoms with Crippen molar-refractivity contribution in [2.75, 3.05) is 13.1 Å². The Hall–Kier alpha value is -0.480. The highest BCUT2D eigenvalue weighted by Crippen LogP contribution is 2.51. The average molecular weight is 165 g/mol. The summed E-state index contributed by atoms with van der Waals surface area (Å²) in [4.78, 5) is 0. The molecule has 0 aromatic heterocycles. The highest BCUT2D eigenvalue weighted by molar-refractivity contribution is 4.97. The molecule has 0 unspecified atom stereocenters. The van der Waals surface area contributed by atoms with Crippen LogP contribution in [0.15, 0.2) is 0 Å². The molecule has 0 radical (unpaired) electrons. The molecule has 0 aliphatic heterocycles. The van der Waals surface area contributed by atoms with Crippen molar-refractivity contribution in [3.05, 3.63) is 0 Å². The fourth-order valence-corrected chi connectivity index (χ4v) is 1.62. The largest absolute Gasteiger partial charge is 0.315 e. The molecule has 0 aromatic carbocycles. The lowest BCUT2D eigenvalue weighted by molar-refractivity contribution is 0.340. The first kappa shape index (κ1) is 9.61. The molecule has 68 valence electrons. The minimum atomic E-state index is 0.620. The molecule has 1 saturated carbocycles. The summed E-state index contributed by atoms with van der Waals surface area (Å²) in [6, 6.07) is 0. The number of hydrogen-bond acceptors (Lipinski definition) is 1. The molecule has 1 nitrogen and oxygen atoms in total. The molecule has 0 atom stereocenters. The molecule has 0 saturated heterocycles. The SMILES string of the molecule is C#CCCNCC1(C(C)C)CC1. The van der Waals surface area contributed by atoms with Crippen LogP contribution in [0.2, 0.25) is 0 Å². The topological polar surface area (TPSA) is 12.0 Å². The van der Waals surface area contributed by atoms with Gasteiger partial charge >= 0.3 is 0 Å². The lowest BCUT2D eigenvalue weighted by Crippen LogP contribution is -2.28. The van der Waals surface area contributed by atoms with Crippen molar-refractivity contribution in [1.82, 2.24) is 5.32 Å². The van der Waals surface area contributed by atoms with Gasteiger partial charge in [0.1, 0.15) is 0 Å². The summed E-state index contributed by atoms with van der Waals surface area (Å²) >= 11 is 0. The van der Waals surface area contributed by atoms with E-state index in [1.807, 2.05) is 0 Å². The molecular weight excluding hydrogens is 146 g/mol. The zero-order chi connectivity index (χ0) is 9.03. The molecule has 1 heteroatoms. The van der Waals surface area contributed by atoms with Crippen molar-refractivity contribution in [1.29, 1.82) is 0 Å². The first-order chi connectivity index (χ1) is 5.71. The van der Waals surface area contributed by atoms with Gasteiger partial charge in [-0.1, -0.05) is 13.8 Å². The number of hydrogen-bond donors (Lipinski definition) is 1. The van der Waals surface area contributed by atoms with Crippen molar-refractivity contribution >= 4 is 0 Å². The zero-order valence-corrected chi connectivity index (χ0v) is 8.19. The number of terminal acetylenes is 1. The Kier molecular flexibility index (Phi) is 3.17. The van der Waals surface area contributed by atoms with E-state index in [9.17, 15) is 0 Å². The Morgan fingerprint density at radius 3 is 2.58 bits per heavy atom. The molecule has 1 rings (SSSR count). The summed E-state index contributed by atoms with van der Waals surface area (Å²) in [5.74, 6) is 3.46. The molecule has 0 amide bonds. The van der Waals surface area contributed by atoms with Crippen molar-refractivity contribution in [3.8, 4) is 12.3 Å². The van der Waals surface area contributed by atoms with E-state index in [1.165, 1.54) is 12.8 Å². The lowest BCUT2D eigenvalue weighted by atomic mass is 9.92. The molecule has 1 N–H and O–H groups in total. The third-order valence-electron chi connectivity index (χ3n) is 3.04. The lowest BCUT2D eigenvalue weighted by Gasteiger charge is -2.19. The van der Waals surface area contributed by atoms with Gasteiger partial charge in [-0.05, 0) is 24.2 Å². The Morgan fingerprint density at radius 1 is 1.50 bits per heavy atom. The van der Waals surface area contributed by atoms with Gasteiger partial charge in [-0.15, -0.1) is 12.3 Å². The van der Waals surface area contributed by atoms with Crippen molar-refractivity contribution in [3.63, 3.8) is 0 Å². The van der Waals surface area contributed by atoms with Gasteiger partial charge in [0, 0.05) is 19.5 Å². The van der Waals surface area contributed by atoms with Gasteiger partial charge in [0.15, 0.2) is 0 Å². The minimum Gasteiger partial charge on any atom is -0.315 e. The van der Waals surface area contributed by atoms with Gasteiger partial charge in [-0.25, -0.2) is 0 Å². The molecular formula is C11H19N. The maximum absolute atomic E-state index is 5.16. The summed E-state index contributed by atoms with van der Waals surface area (Å²) in [7, 11) is 0. The summed E-state index contributed by atoms with van der Waals surface area (Å²) in [6.07, 6.45) is 8.81. The van der Waals surface area contributed by atoms with Crippen LogP contribution in [0, 0.1) is 23.7 Å². The monoisotopic (exact) mass is 165 g/mol. The van der Waals surface area contributed by atoms with Gasteiger partial charge in [-0.3, -0.25) is 0 Å². The number of rotatable bonds is 5. The summed E-state index contributed by atoms with van der Waals surface area (Å²) in [5.41, 5.74) is 0.620. The first-order valence-corrected chi connectivity index (χ1v) is 4.85. The Balaban J connectivity index is 2.11. The molecule has 0 spiro atoms. The van der Waals surface area contributed by atoms with E-state index in [0.29, 0.717) is 5.41 Å². The van der Waals surface area contributed by atoms with E-state index >= 15 is 0 Å². The smallest absolute Gasteiger partial charge is 0.0211 e. The summed E-state index contributed by atoms with van der Waals surface area (Å²) in [5, 5.41) is 3.43. The van der Waals surface area contributed by atoms with Crippen LogP contribution in [-0.2, 0) is 0 Å². The zero-order valence-electron chi connectivity index (χ0n) is 8.19. The van der Waals surface area contributed by atoms with Crippen LogP contribution in [0.5, 0.6) is 0 Å². The predicted molar refractivity (Wildman–Crippen MR) is 52.8 cm³/mol. The first-order valence-electron chi connectivity index (χ1n) is 4.85. The molecule has 1 aliphatic carbocycles. The maximum Gasteiger partial charge on any atom is 0.0211 e. The van der Waals surface area contributed by atoms with E-state index in [1.54, 1.807) is 0 Å². The van der Waals surface area contributed by atoms with Crippen molar-refractivity contribution in [2.45, 2.75) is 33.1 Å². The van der Waals surface area contributed by atoms with Crippen LogP contribution in [0.1, 0.15) is 33.1 Å². The Labute approximate surface area is 75.9 Å². The van der Waals surface area contributed by atoms with Crippen molar-refractivity contribution in [2.24, 2.45) is 11.3 Å². The third-order valence-corrected chi connectivity index (χ3v) is 3.04. The molecule has 0 heterocycles. The molecule has 1 aliphatic rings. The third kappa shape index (κ3) is 2.25. The predicted octanol–water partition coefficient (Wildman–Crippen LogP) is 2.04. The Morgan fingerprint density at radius 2 is 2.17 bits per heavy atom. The van der Waals surface area contributed by atoms with E-state index in [-0.39, 0.29) is 0 Å². The highest BCUT2D eigenvalue weighted by atomic mass is 14.9. The highest BCUT2D eigenvalue weighted by Gasteiger charge is 2.44. The van der Waals surface area contributed by atoms with E-state index in [4.69, 9.17) is 6.42 Å². The van der Waals surface area contributed by atoms with Gasteiger partial charge in [0.2, 0.25) is 0 Å². The van der Waals surface area contributed by atoms with E-state index in [0.717, 1.165) is 25.4 Å². The minimum absolute atomic E-state index is 0.620. The van der Waals surface area contributed by atoms with Crippen LogP contribution >= 0.6 is 0 Å². The fraction of sp³-hybridized carbons (Fsp3) is 0.818. The van der Waals surface area contributed by atoms with Crippen LogP contribution in [0.25, 0.3) is 0 Å². The second kappa shape index (κ2) is 3.96. The maximum atomic E-state index is 5.16. The van der Waals surface area contributed by atoms with Gasteiger partial charge in [-0.2, -0.15) is 0 Å². The number of nitrogens with one attached hydrogen (secondary N) is 1. The quantitative estimate of drug-likeness (QED) is 0.485. The van der Waals surface area contributed by atoms with Gasteiger partial charge in [0.25, 0.3) is 0 Å². The van der Waals surface area contributed by atoms with E-state index in [2.05, 4.69) is 25.1 Å². The second-order valence-corrected chi connectivity index (χ2v) is 4.15. The fourth-order valence-electron chi connectivity index (χ4n) is 1.62. The van der Waals surface area contributed by atoms with Crippen LogP contribution in [0.4, 0.5) is 0 Å². The molecule has 0 bridgehead atoms. The van der Waals surface area contributed by atoms with Crippen LogP contribution in [-0.4, -0.2) is 13.1 Å². The van der Waals surface area contributed by atoms with Crippen molar-refractivity contribution < 1.29 is 0 Å². The van der Waals surface area contributed by atoms with Crippen LogP contribution in [0.3, 0.4) is 0 Å². The van der Waals surface area contributed by atoms with E-state index < -0.39 is 0 Å². The summed E-state index contributed by atoms with van der Waals surface area (Å²) in [6.45, 7) is 6.77. The normalized spacial score (nSPS) is 19.2. The molecule has 0 aromatic rings. The molecule has 1 fully saturated rings. The standard InChI is InChI=1S/C11H19N/c1-4-5-8-12-9-11(6-7-11)10(2)3/h1,10,12H,5-9H2,2-3H3. The Bertz CT molecular complexity index is 172. The molecule has 12 heavy (non-hydrogen) atoms. The second-order valence-electron chi connectivity index (χ2n) is 4.15. The van der Waals surface area contributed by atoms with Gasteiger partial charge in [0.05, 0.1) is 0 Å².